The van der Waals surface area contributed by atoms with Crippen molar-refractivity contribution < 1.29 is 4.74 Å². The molecule has 0 fully saturated rings. The second-order valence-electron chi connectivity index (χ2n) is 6.16. The van der Waals surface area contributed by atoms with Gasteiger partial charge in [0.1, 0.15) is 5.75 Å². The molecule has 0 bridgehead atoms. The molecular weight excluding hydrogens is 256 g/mol. The predicted molar refractivity (Wildman–Crippen MR) is 90.7 cm³/mol. The van der Waals surface area contributed by atoms with Crippen molar-refractivity contribution in [2.24, 2.45) is 0 Å². The zero-order chi connectivity index (χ0) is 15.0. The van der Waals surface area contributed by atoms with Crippen LogP contribution in [0, 0.1) is 0 Å². The van der Waals surface area contributed by atoms with Crippen LogP contribution in [0.3, 0.4) is 0 Å². The standard InChI is InChI=1S/C20H22O/c1-13(2)21-20-17-8-6-5-7-16(17)9-10-18(20)19-12-14(3)11-15(19)4/h5-11,13H,12H2,1-4H3. The molecule has 0 spiro atoms. The summed E-state index contributed by atoms with van der Waals surface area (Å²) in [7, 11) is 0. The first-order chi connectivity index (χ1) is 10.1. The van der Waals surface area contributed by atoms with E-state index in [1.165, 1.54) is 33.1 Å². The number of hydrogen-bond donors (Lipinski definition) is 0. The Balaban J connectivity index is 2.21. The van der Waals surface area contributed by atoms with Gasteiger partial charge in [0.2, 0.25) is 0 Å². The van der Waals surface area contributed by atoms with Crippen LogP contribution in [0.4, 0.5) is 0 Å². The third kappa shape index (κ3) is 2.61. The summed E-state index contributed by atoms with van der Waals surface area (Å²) in [4.78, 5) is 0. The monoisotopic (exact) mass is 278 g/mol. The third-order valence-corrected chi connectivity index (χ3v) is 3.95. The SMILES string of the molecule is CC1=CC(C)=C(c2ccc3ccccc3c2OC(C)C)C1. The van der Waals surface area contributed by atoms with Gasteiger partial charge in [-0.1, -0.05) is 48.0 Å². The molecule has 0 heterocycles. The van der Waals surface area contributed by atoms with E-state index < -0.39 is 0 Å². The zero-order valence-corrected chi connectivity index (χ0v) is 13.2. The summed E-state index contributed by atoms with van der Waals surface area (Å²) >= 11 is 0. The van der Waals surface area contributed by atoms with E-state index in [1.54, 1.807) is 0 Å². The van der Waals surface area contributed by atoms with Crippen LogP contribution in [-0.2, 0) is 0 Å². The van der Waals surface area contributed by atoms with Gasteiger partial charge in [0.25, 0.3) is 0 Å². The zero-order valence-electron chi connectivity index (χ0n) is 13.2. The molecule has 0 radical (unpaired) electrons. The van der Waals surface area contributed by atoms with Crippen LogP contribution in [-0.4, -0.2) is 6.10 Å². The van der Waals surface area contributed by atoms with E-state index in [0.717, 1.165) is 12.2 Å². The summed E-state index contributed by atoms with van der Waals surface area (Å²) in [5.41, 5.74) is 5.42. The Labute approximate surface area is 126 Å². The lowest BCUT2D eigenvalue weighted by atomic mass is 9.96. The van der Waals surface area contributed by atoms with Crippen LogP contribution in [0.25, 0.3) is 16.3 Å². The van der Waals surface area contributed by atoms with Crippen LogP contribution >= 0.6 is 0 Å². The normalized spacial score (nSPS) is 15.0. The van der Waals surface area contributed by atoms with E-state index in [1.807, 2.05) is 0 Å². The largest absolute Gasteiger partial charge is 0.490 e. The fraction of sp³-hybridized carbons (Fsp3) is 0.300. The van der Waals surface area contributed by atoms with Crippen molar-refractivity contribution in [2.75, 3.05) is 0 Å². The minimum absolute atomic E-state index is 0.172. The topological polar surface area (TPSA) is 9.23 Å². The Kier molecular flexibility index (Phi) is 3.59. The minimum atomic E-state index is 0.172. The predicted octanol–water partition coefficient (Wildman–Crippen LogP) is 5.75. The molecule has 0 atom stereocenters. The van der Waals surface area contributed by atoms with E-state index >= 15 is 0 Å². The van der Waals surface area contributed by atoms with Crippen LogP contribution in [0.2, 0.25) is 0 Å². The highest BCUT2D eigenvalue weighted by molar-refractivity contribution is 5.94. The summed E-state index contributed by atoms with van der Waals surface area (Å²) in [6.07, 6.45) is 3.48. The first-order valence-electron chi connectivity index (χ1n) is 7.62. The fourth-order valence-electron chi connectivity index (χ4n) is 3.08. The summed E-state index contributed by atoms with van der Waals surface area (Å²) in [6.45, 7) is 8.57. The van der Waals surface area contributed by atoms with Crippen molar-refractivity contribution in [1.29, 1.82) is 0 Å². The molecule has 1 heteroatoms. The van der Waals surface area contributed by atoms with Crippen molar-refractivity contribution in [1.82, 2.24) is 0 Å². The molecule has 0 saturated carbocycles. The number of ether oxygens (including phenoxy) is 1. The van der Waals surface area contributed by atoms with E-state index in [2.05, 4.69) is 70.2 Å². The van der Waals surface area contributed by atoms with Gasteiger partial charge in [-0.2, -0.15) is 0 Å². The first-order valence-corrected chi connectivity index (χ1v) is 7.62. The van der Waals surface area contributed by atoms with Crippen LogP contribution in [0.15, 0.2) is 53.6 Å². The maximum absolute atomic E-state index is 6.20. The maximum atomic E-state index is 6.20. The lowest BCUT2D eigenvalue weighted by molar-refractivity contribution is 0.245. The van der Waals surface area contributed by atoms with Gasteiger partial charge in [0, 0.05) is 10.9 Å². The van der Waals surface area contributed by atoms with Crippen LogP contribution in [0.5, 0.6) is 5.75 Å². The van der Waals surface area contributed by atoms with Gasteiger partial charge < -0.3 is 4.74 Å². The van der Waals surface area contributed by atoms with Crippen molar-refractivity contribution in [2.45, 2.75) is 40.2 Å². The maximum Gasteiger partial charge on any atom is 0.135 e. The highest BCUT2D eigenvalue weighted by atomic mass is 16.5. The summed E-state index contributed by atoms with van der Waals surface area (Å²) in [6, 6.07) is 12.9. The molecule has 0 saturated heterocycles. The molecule has 21 heavy (non-hydrogen) atoms. The van der Waals surface area contributed by atoms with Crippen molar-refractivity contribution in [3.8, 4) is 5.75 Å². The molecule has 1 aliphatic carbocycles. The Morgan fingerprint density at radius 1 is 1.00 bits per heavy atom. The van der Waals surface area contributed by atoms with Crippen molar-refractivity contribution in [3.63, 3.8) is 0 Å². The highest BCUT2D eigenvalue weighted by Crippen LogP contribution is 2.41. The fourth-order valence-corrected chi connectivity index (χ4v) is 3.08. The second kappa shape index (κ2) is 5.40. The Hall–Kier alpha value is -2.02. The van der Waals surface area contributed by atoms with Gasteiger partial charge in [-0.05, 0) is 50.6 Å². The van der Waals surface area contributed by atoms with Crippen LogP contribution in [0.1, 0.15) is 39.7 Å². The van der Waals surface area contributed by atoms with Crippen molar-refractivity contribution >= 4 is 16.3 Å². The molecule has 2 aromatic rings. The lowest BCUT2D eigenvalue weighted by Crippen LogP contribution is -2.08. The molecule has 1 aliphatic rings. The molecule has 3 rings (SSSR count). The van der Waals surface area contributed by atoms with E-state index in [4.69, 9.17) is 4.74 Å². The average Bonchev–Trinajstić information content (AvgIpc) is 2.77. The average molecular weight is 278 g/mol. The van der Waals surface area contributed by atoms with Gasteiger partial charge >= 0.3 is 0 Å². The molecule has 0 aromatic heterocycles. The molecule has 0 unspecified atom stereocenters. The quantitative estimate of drug-likeness (QED) is 0.694. The smallest absolute Gasteiger partial charge is 0.135 e. The number of benzene rings is 2. The van der Waals surface area contributed by atoms with Crippen molar-refractivity contribution in [3.05, 3.63) is 59.2 Å². The van der Waals surface area contributed by atoms with Gasteiger partial charge in [0.15, 0.2) is 0 Å². The van der Waals surface area contributed by atoms with E-state index in [0.29, 0.717) is 0 Å². The number of fused-ring (bicyclic) bond motifs is 1. The minimum Gasteiger partial charge on any atom is -0.490 e. The van der Waals surface area contributed by atoms with Crippen LogP contribution < -0.4 is 4.74 Å². The van der Waals surface area contributed by atoms with E-state index in [-0.39, 0.29) is 6.10 Å². The summed E-state index contributed by atoms with van der Waals surface area (Å²) in [5, 5.41) is 2.44. The number of allylic oxidation sites excluding steroid dienone is 4. The summed E-state index contributed by atoms with van der Waals surface area (Å²) < 4.78 is 6.20. The third-order valence-electron chi connectivity index (χ3n) is 3.95. The van der Waals surface area contributed by atoms with E-state index in [9.17, 15) is 0 Å². The molecule has 2 aromatic carbocycles. The first kappa shape index (κ1) is 13.9. The van der Waals surface area contributed by atoms with Gasteiger partial charge in [-0.3, -0.25) is 0 Å². The molecule has 0 N–H and O–H groups in total. The number of hydrogen-bond acceptors (Lipinski definition) is 1. The second-order valence-corrected chi connectivity index (χ2v) is 6.16. The van der Waals surface area contributed by atoms with Gasteiger partial charge in [0.05, 0.1) is 6.10 Å². The molecule has 0 amide bonds. The Morgan fingerprint density at radius 3 is 2.43 bits per heavy atom. The van der Waals surface area contributed by atoms with Gasteiger partial charge in [-0.15, -0.1) is 0 Å². The molecule has 0 aliphatic heterocycles. The number of rotatable bonds is 3. The molecular formula is C20H22O. The van der Waals surface area contributed by atoms with Gasteiger partial charge in [-0.25, -0.2) is 0 Å². The molecule has 108 valence electrons. The Bertz CT molecular complexity index is 748. The Morgan fingerprint density at radius 2 is 1.76 bits per heavy atom. The summed E-state index contributed by atoms with van der Waals surface area (Å²) in [5.74, 6) is 1.03. The highest BCUT2D eigenvalue weighted by Gasteiger charge is 2.18. The molecule has 1 nitrogen and oxygen atoms in total. The lowest BCUT2D eigenvalue weighted by Gasteiger charge is -2.18.